The van der Waals surface area contributed by atoms with Crippen molar-refractivity contribution < 1.29 is 13.2 Å². The van der Waals surface area contributed by atoms with Gasteiger partial charge in [-0.2, -0.15) is 0 Å². The second-order valence-corrected chi connectivity index (χ2v) is 8.10. The SMILES string of the molecule is CS(=O)(=O)c1ccc(NC(=O)Cc2ccc(-c3ccccc3)cc2)cc1. The summed E-state index contributed by atoms with van der Waals surface area (Å²) in [5, 5.41) is 2.78. The fraction of sp³-hybridized carbons (Fsp3) is 0.0952. The highest BCUT2D eigenvalue weighted by Crippen LogP contribution is 2.20. The third-order valence-corrected chi connectivity index (χ3v) is 5.12. The van der Waals surface area contributed by atoms with Crippen LogP contribution >= 0.6 is 0 Å². The Hall–Kier alpha value is -2.92. The van der Waals surface area contributed by atoms with Gasteiger partial charge in [-0.3, -0.25) is 4.79 Å². The van der Waals surface area contributed by atoms with E-state index in [-0.39, 0.29) is 17.2 Å². The monoisotopic (exact) mass is 365 g/mol. The molecule has 132 valence electrons. The largest absolute Gasteiger partial charge is 0.326 e. The van der Waals surface area contributed by atoms with Crippen LogP contribution in [0.2, 0.25) is 0 Å². The van der Waals surface area contributed by atoms with Gasteiger partial charge in [-0.1, -0.05) is 54.6 Å². The average Bonchev–Trinajstić information content (AvgIpc) is 2.63. The van der Waals surface area contributed by atoms with Crippen molar-refractivity contribution in [3.63, 3.8) is 0 Å². The van der Waals surface area contributed by atoms with Gasteiger partial charge in [-0.25, -0.2) is 8.42 Å². The second-order valence-electron chi connectivity index (χ2n) is 6.08. The van der Waals surface area contributed by atoms with Crippen LogP contribution in [0, 0.1) is 0 Å². The van der Waals surface area contributed by atoms with Gasteiger partial charge in [0.05, 0.1) is 11.3 Å². The Labute approximate surface area is 153 Å². The molecule has 0 heterocycles. The van der Waals surface area contributed by atoms with Crippen molar-refractivity contribution >= 4 is 21.4 Å². The minimum Gasteiger partial charge on any atom is -0.326 e. The fourth-order valence-corrected chi connectivity index (χ4v) is 3.25. The zero-order valence-corrected chi connectivity index (χ0v) is 15.2. The lowest BCUT2D eigenvalue weighted by Crippen LogP contribution is -2.14. The highest BCUT2D eigenvalue weighted by atomic mass is 32.2. The van der Waals surface area contributed by atoms with Gasteiger partial charge < -0.3 is 5.32 Å². The Morgan fingerprint density at radius 2 is 1.38 bits per heavy atom. The van der Waals surface area contributed by atoms with Gasteiger partial charge in [0.1, 0.15) is 0 Å². The summed E-state index contributed by atoms with van der Waals surface area (Å²) in [4.78, 5) is 12.4. The summed E-state index contributed by atoms with van der Waals surface area (Å²) in [6, 6.07) is 24.1. The van der Waals surface area contributed by atoms with Crippen LogP contribution in [0.25, 0.3) is 11.1 Å². The van der Waals surface area contributed by atoms with E-state index in [1.807, 2.05) is 54.6 Å². The van der Waals surface area contributed by atoms with Gasteiger partial charge >= 0.3 is 0 Å². The van der Waals surface area contributed by atoms with E-state index in [4.69, 9.17) is 0 Å². The van der Waals surface area contributed by atoms with Crippen molar-refractivity contribution in [3.05, 3.63) is 84.4 Å². The molecule has 0 aliphatic carbocycles. The van der Waals surface area contributed by atoms with E-state index in [0.717, 1.165) is 22.9 Å². The summed E-state index contributed by atoms with van der Waals surface area (Å²) >= 11 is 0. The third-order valence-electron chi connectivity index (χ3n) is 3.99. The van der Waals surface area contributed by atoms with Gasteiger partial charge in [0, 0.05) is 11.9 Å². The molecule has 1 N–H and O–H groups in total. The molecule has 26 heavy (non-hydrogen) atoms. The normalized spacial score (nSPS) is 11.1. The highest BCUT2D eigenvalue weighted by molar-refractivity contribution is 7.90. The van der Waals surface area contributed by atoms with E-state index in [0.29, 0.717) is 5.69 Å². The Morgan fingerprint density at radius 3 is 1.96 bits per heavy atom. The number of carbonyl (C=O) groups is 1. The van der Waals surface area contributed by atoms with Crippen LogP contribution in [-0.2, 0) is 21.1 Å². The van der Waals surface area contributed by atoms with Crippen LogP contribution in [-0.4, -0.2) is 20.6 Å². The van der Waals surface area contributed by atoms with Crippen molar-refractivity contribution in [1.29, 1.82) is 0 Å². The number of anilines is 1. The van der Waals surface area contributed by atoms with E-state index in [1.54, 1.807) is 12.1 Å². The Bertz CT molecular complexity index is 993. The molecule has 0 aromatic heterocycles. The minimum atomic E-state index is -3.24. The second kappa shape index (κ2) is 7.54. The predicted molar refractivity (Wildman–Crippen MR) is 104 cm³/mol. The molecule has 3 aromatic rings. The Balaban J connectivity index is 1.63. The van der Waals surface area contributed by atoms with Crippen molar-refractivity contribution in [2.75, 3.05) is 11.6 Å². The Kier molecular flexibility index (Phi) is 5.19. The summed E-state index contributed by atoms with van der Waals surface area (Å²) in [5.41, 5.74) is 3.72. The van der Waals surface area contributed by atoms with Crippen molar-refractivity contribution in [3.8, 4) is 11.1 Å². The average molecular weight is 365 g/mol. The summed E-state index contributed by atoms with van der Waals surface area (Å²) in [6.07, 6.45) is 1.41. The van der Waals surface area contributed by atoms with Crippen LogP contribution in [0.3, 0.4) is 0 Å². The quantitative estimate of drug-likeness (QED) is 0.745. The number of nitrogens with one attached hydrogen (secondary N) is 1. The molecular weight excluding hydrogens is 346 g/mol. The van der Waals surface area contributed by atoms with E-state index < -0.39 is 9.84 Å². The zero-order chi connectivity index (χ0) is 18.6. The van der Waals surface area contributed by atoms with Gasteiger partial charge in [0.2, 0.25) is 5.91 Å². The molecule has 1 amide bonds. The first kappa shape index (κ1) is 17.9. The lowest BCUT2D eigenvalue weighted by atomic mass is 10.0. The molecule has 3 rings (SSSR count). The third kappa shape index (κ3) is 4.58. The summed E-state index contributed by atoms with van der Waals surface area (Å²) in [7, 11) is -3.24. The van der Waals surface area contributed by atoms with Gasteiger partial charge in [0.25, 0.3) is 0 Å². The molecular formula is C21H19NO3S. The molecule has 0 radical (unpaired) electrons. The molecule has 4 nitrogen and oxygen atoms in total. The molecule has 0 fully saturated rings. The zero-order valence-electron chi connectivity index (χ0n) is 14.3. The van der Waals surface area contributed by atoms with Crippen LogP contribution in [0.4, 0.5) is 5.69 Å². The van der Waals surface area contributed by atoms with Crippen LogP contribution in [0.15, 0.2) is 83.8 Å². The number of benzene rings is 3. The lowest BCUT2D eigenvalue weighted by Gasteiger charge is -2.07. The molecule has 3 aromatic carbocycles. The smallest absolute Gasteiger partial charge is 0.228 e. The lowest BCUT2D eigenvalue weighted by molar-refractivity contribution is -0.115. The molecule has 0 bridgehead atoms. The first-order valence-electron chi connectivity index (χ1n) is 8.16. The van der Waals surface area contributed by atoms with Crippen molar-refractivity contribution in [1.82, 2.24) is 0 Å². The molecule has 0 aliphatic rings. The standard InChI is InChI=1S/C21H19NO3S/c1-26(24,25)20-13-11-19(12-14-20)22-21(23)15-16-7-9-18(10-8-16)17-5-3-2-4-6-17/h2-14H,15H2,1H3,(H,22,23). The van der Waals surface area contributed by atoms with E-state index in [9.17, 15) is 13.2 Å². The number of hydrogen-bond acceptors (Lipinski definition) is 3. The predicted octanol–water partition coefficient (Wildman–Crippen LogP) is 3.94. The van der Waals surface area contributed by atoms with E-state index in [2.05, 4.69) is 5.32 Å². The van der Waals surface area contributed by atoms with E-state index in [1.165, 1.54) is 12.1 Å². The first-order chi connectivity index (χ1) is 12.4. The van der Waals surface area contributed by atoms with Crippen LogP contribution in [0.1, 0.15) is 5.56 Å². The maximum Gasteiger partial charge on any atom is 0.228 e. The summed E-state index contributed by atoms with van der Waals surface area (Å²) in [5.74, 6) is -0.149. The number of sulfone groups is 1. The number of amides is 1. The maximum atomic E-state index is 12.2. The molecule has 0 atom stereocenters. The fourth-order valence-electron chi connectivity index (χ4n) is 2.62. The van der Waals surface area contributed by atoms with Crippen LogP contribution < -0.4 is 5.32 Å². The summed E-state index contributed by atoms with van der Waals surface area (Å²) in [6.45, 7) is 0. The van der Waals surface area contributed by atoms with Crippen molar-refractivity contribution in [2.45, 2.75) is 11.3 Å². The summed E-state index contributed by atoms with van der Waals surface area (Å²) < 4.78 is 22.9. The van der Waals surface area contributed by atoms with Crippen molar-refractivity contribution in [2.24, 2.45) is 0 Å². The van der Waals surface area contributed by atoms with E-state index >= 15 is 0 Å². The maximum absolute atomic E-state index is 12.2. The first-order valence-corrected chi connectivity index (χ1v) is 10.1. The van der Waals surface area contributed by atoms with Gasteiger partial charge in [-0.05, 0) is 41.0 Å². The van der Waals surface area contributed by atoms with Crippen LogP contribution in [0.5, 0.6) is 0 Å². The minimum absolute atomic E-state index is 0.149. The molecule has 5 heteroatoms. The number of hydrogen-bond donors (Lipinski definition) is 1. The van der Waals surface area contributed by atoms with Gasteiger partial charge in [0.15, 0.2) is 9.84 Å². The van der Waals surface area contributed by atoms with Gasteiger partial charge in [-0.15, -0.1) is 0 Å². The topological polar surface area (TPSA) is 63.2 Å². The molecule has 0 unspecified atom stereocenters. The number of carbonyl (C=O) groups excluding carboxylic acids is 1. The highest BCUT2D eigenvalue weighted by Gasteiger charge is 2.08. The molecule has 0 aliphatic heterocycles. The number of rotatable bonds is 5. The molecule has 0 saturated heterocycles. The molecule has 0 saturated carbocycles. The Morgan fingerprint density at radius 1 is 0.808 bits per heavy atom. The molecule has 0 spiro atoms.